The Morgan fingerprint density at radius 1 is 1.00 bits per heavy atom. The zero-order valence-corrected chi connectivity index (χ0v) is 20.9. The van der Waals surface area contributed by atoms with E-state index >= 15 is 0 Å². The van der Waals surface area contributed by atoms with Gasteiger partial charge in [-0.25, -0.2) is 4.79 Å². The molecule has 0 radical (unpaired) electrons. The molecule has 1 N–H and O–H groups in total. The van der Waals surface area contributed by atoms with E-state index in [0.717, 1.165) is 21.8 Å². The Morgan fingerprint density at radius 2 is 1.60 bits per heavy atom. The second kappa shape index (κ2) is 10.0. The largest absolute Gasteiger partial charge is 0.462 e. The molecule has 180 valence electrons. The normalized spacial score (nSPS) is 13.7. The Bertz CT molecular complexity index is 1280. The van der Waals surface area contributed by atoms with Crippen molar-refractivity contribution in [2.24, 2.45) is 5.92 Å². The molecule has 0 spiro atoms. The van der Waals surface area contributed by atoms with Gasteiger partial charge in [0.1, 0.15) is 16.6 Å². The van der Waals surface area contributed by atoms with E-state index in [-0.39, 0.29) is 34.2 Å². The Morgan fingerprint density at radius 3 is 2.14 bits per heavy atom. The van der Waals surface area contributed by atoms with Crippen molar-refractivity contribution in [2.45, 2.75) is 26.8 Å². The summed E-state index contributed by atoms with van der Waals surface area (Å²) in [7, 11) is 0. The molecule has 1 unspecified atom stereocenters. The molecule has 3 aromatic rings. The monoisotopic (exact) mass is 510 g/mol. The summed E-state index contributed by atoms with van der Waals surface area (Å²) in [6, 6.07) is 12.4. The predicted molar refractivity (Wildman–Crippen MR) is 135 cm³/mol. The molecule has 1 aromatic heterocycles. The number of imide groups is 1. The van der Waals surface area contributed by atoms with Crippen LogP contribution in [0.2, 0.25) is 5.02 Å². The molecule has 0 aliphatic carbocycles. The van der Waals surface area contributed by atoms with Crippen molar-refractivity contribution in [1.82, 2.24) is 4.90 Å². The lowest BCUT2D eigenvalue weighted by Gasteiger charge is -2.28. The molecular weight excluding hydrogens is 488 g/mol. The molecule has 0 bridgehead atoms. The predicted octanol–water partition coefficient (Wildman–Crippen LogP) is 5.50. The van der Waals surface area contributed by atoms with Crippen molar-refractivity contribution in [2.75, 3.05) is 11.9 Å². The SMILES string of the molecule is CCOC(=O)c1c(-c2ccc(Cl)cc2)csc1NC(=O)C(C(C)C)N1C(=O)c2ccccc2C1=O. The van der Waals surface area contributed by atoms with E-state index in [2.05, 4.69) is 5.32 Å². The third kappa shape index (κ3) is 4.59. The van der Waals surface area contributed by atoms with Gasteiger partial charge in [-0.3, -0.25) is 19.3 Å². The fourth-order valence-corrected chi connectivity index (χ4v) is 5.15. The van der Waals surface area contributed by atoms with Crippen LogP contribution in [-0.2, 0) is 9.53 Å². The number of rotatable bonds is 7. The van der Waals surface area contributed by atoms with E-state index in [1.54, 1.807) is 74.7 Å². The quantitative estimate of drug-likeness (QED) is 0.334. The molecular formula is C26H23ClN2O5S. The van der Waals surface area contributed by atoms with Gasteiger partial charge in [-0.05, 0) is 42.7 Å². The van der Waals surface area contributed by atoms with E-state index in [0.29, 0.717) is 10.6 Å². The lowest BCUT2D eigenvalue weighted by Crippen LogP contribution is -2.50. The molecule has 2 heterocycles. The Hall–Kier alpha value is -3.49. The Labute approximate surface area is 211 Å². The average molecular weight is 511 g/mol. The van der Waals surface area contributed by atoms with E-state index in [1.807, 2.05) is 0 Å². The summed E-state index contributed by atoms with van der Waals surface area (Å²) in [5, 5.41) is 5.36. The minimum atomic E-state index is -1.07. The number of nitrogens with zero attached hydrogens (tertiary/aromatic N) is 1. The van der Waals surface area contributed by atoms with Crippen molar-refractivity contribution >= 4 is 51.6 Å². The van der Waals surface area contributed by atoms with Crippen LogP contribution in [0, 0.1) is 5.92 Å². The van der Waals surface area contributed by atoms with Gasteiger partial charge in [0.15, 0.2) is 0 Å². The second-order valence-corrected chi connectivity index (χ2v) is 9.60. The first kappa shape index (κ1) is 24.6. The summed E-state index contributed by atoms with van der Waals surface area (Å²) < 4.78 is 5.25. The van der Waals surface area contributed by atoms with Crippen molar-refractivity contribution < 1.29 is 23.9 Å². The van der Waals surface area contributed by atoms with Crippen LogP contribution < -0.4 is 5.32 Å². The smallest absolute Gasteiger partial charge is 0.341 e. The summed E-state index contributed by atoms with van der Waals surface area (Å²) >= 11 is 7.17. The van der Waals surface area contributed by atoms with Gasteiger partial charge in [0.25, 0.3) is 11.8 Å². The molecule has 0 fully saturated rings. The standard InChI is InChI=1S/C26H23ClN2O5S/c1-4-34-26(33)20-19(15-9-11-16(27)12-10-15)13-35-23(20)28-22(30)21(14(2)3)29-24(31)17-7-5-6-8-18(17)25(29)32/h5-14,21H,4H2,1-3H3,(H,28,30). The maximum Gasteiger partial charge on any atom is 0.341 e. The third-order valence-electron chi connectivity index (χ3n) is 5.67. The van der Waals surface area contributed by atoms with Gasteiger partial charge in [-0.1, -0.05) is 49.7 Å². The first-order valence-corrected chi connectivity index (χ1v) is 12.3. The number of hydrogen-bond acceptors (Lipinski definition) is 6. The van der Waals surface area contributed by atoms with Crippen LogP contribution in [0.4, 0.5) is 5.00 Å². The Balaban J connectivity index is 1.69. The minimum Gasteiger partial charge on any atom is -0.462 e. The zero-order valence-electron chi connectivity index (χ0n) is 19.3. The van der Waals surface area contributed by atoms with Crippen molar-refractivity contribution in [3.8, 4) is 11.1 Å². The van der Waals surface area contributed by atoms with Crippen LogP contribution in [0.3, 0.4) is 0 Å². The lowest BCUT2D eigenvalue weighted by molar-refractivity contribution is -0.121. The van der Waals surface area contributed by atoms with Crippen molar-refractivity contribution in [3.05, 3.63) is 75.6 Å². The van der Waals surface area contributed by atoms with Gasteiger partial charge >= 0.3 is 5.97 Å². The number of carbonyl (C=O) groups excluding carboxylic acids is 4. The summed E-state index contributed by atoms with van der Waals surface area (Å²) in [4.78, 5) is 53.4. The van der Waals surface area contributed by atoms with Gasteiger partial charge in [0, 0.05) is 16.0 Å². The molecule has 7 nitrogen and oxygen atoms in total. The number of thiophene rings is 1. The molecule has 35 heavy (non-hydrogen) atoms. The van der Waals surface area contributed by atoms with Gasteiger partial charge in [-0.2, -0.15) is 0 Å². The number of ether oxygens (including phenoxy) is 1. The maximum atomic E-state index is 13.5. The number of amides is 3. The maximum absolute atomic E-state index is 13.5. The lowest BCUT2D eigenvalue weighted by atomic mass is 10.0. The highest BCUT2D eigenvalue weighted by Gasteiger charge is 2.44. The van der Waals surface area contributed by atoms with E-state index in [4.69, 9.17) is 16.3 Å². The number of carbonyl (C=O) groups is 4. The first-order valence-electron chi connectivity index (χ1n) is 11.1. The topological polar surface area (TPSA) is 92.8 Å². The highest BCUT2D eigenvalue weighted by molar-refractivity contribution is 7.15. The van der Waals surface area contributed by atoms with Crippen LogP contribution in [0.1, 0.15) is 51.8 Å². The van der Waals surface area contributed by atoms with Gasteiger partial charge < -0.3 is 10.1 Å². The average Bonchev–Trinajstić information content (AvgIpc) is 3.35. The molecule has 0 saturated heterocycles. The fraction of sp³-hybridized carbons (Fsp3) is 0.231. The van der Waals surface area contributed by atoms with Crippen molar-refractivity contribution in [1.29, 1.82) is 0 Å². The third-order valence-corrected chi connectivity index (χ3v) is 6.81. The molecule has 1 aliphatic heterocycles. The number of hydrogen-bond donors (Lipinski definition) is 1. The summed E-state index contributed by atoms with van der Waals surface area (Å²) in [6.45, 7) is 5.37. The zero-order chi connectivity index (χ0) is 25.3. The summed E-state index contributed by atoms with van der Waals surface area (Å²) in [5.74, 6) is -2.56. The number of benzene rings is 2. The van der Waals surface area contributed by atoms with E-state index in [1.165, 1.54) is 0 Å². The van der Waals surface area contributed by atoms with Crippen LogP contribution in [0.5, 0.6) is 0 Å². The number of fused-ring (bicyclic) bond motifs is 1. The fourth-order valence-electron chi connectivity index (χ4n) is 4.06. The number of anilines is 1. The molecule has 4 rings (SSSR count). The van der Waals surface area contributed by atoms with Crippen LogP contribution in [0.25, 0.3) is 11.1 Å². The van der Waals surface area contributed by atoms with E-state index < -0.39 is 29.7 Å². The van der Waals surface area contributed by atoms with Gasteiger partial charge in [-0.15, -0.1) is 11.3 Å². The second-order valence-electron chi connectivity index (χ2n) is 8.28. The highest BCUT2D eigenvalue weighted by atomic mass is 35.5. The number of halogens is 1. The first-order chi connectivity index (χ1) is 16.7. The minimum absolute atomic E-state index is 0.159. The summed E-state index contributed by atoms with van der Waals surface area (Å²) in [6.07, 6.45) is 0. The van der Waals surface area contributed by atoms with Crippen molar-refractivity contribution in [3.63, 3.8) is 0 Å². The molecule has 1 atom stereocenters. The van der Waals surface area contributed by atoms with Crippen LogP contribution >= 0.6 is 22.9 Å². The molecule has 2 aromatic carbocycles. The number of esters is 1. The Kier molecular flexibility index (Phi) is 7.05. The number of nitrogens with one attached hydrogen (secondary N) is 1. The van der Waals surface area contributed by atoms with Crippen LogP contribution in [0.15, 0.2) is 53.9 Å². The van der Waals surface area contributed by atoms with Gasteiger partial charge in [0.2, 0.25) is 5.91 Å². The molecule has 9 heteroatoms. The highest BCUT2D eigenvalue weighted by Crippen LogP contribution is 2.37. The molecule has 1 aliphatic rings. The molecule has 0 saturated carbocycles. The summed E-state index contributed by atoms with van der Waals surface area (Å²) in [5.41, 5.74) is 2.06. The van der Waals surface area contributed by atoms with Gasteiger partial charge in [0.05, 0.1) is 17.7 Å². The van der Waals surface area contributed by atoms with E-state index in [9.17, 15) is 19.2 Å². The molecule has 3 amide bonds. The van der Waals surface area contributed by atoms with Crippen LogP contribution in [-0.4, -0.2) is 41.2 Å².